The first-order valence-electron chi connectivity index (χ1n) is 11.3. The van der Waals surface area contributed by atoms with Crippen molar-refractivity contribution in [1.82, 2.24) is 20.0 Å². The van der Waals surface area contributed by atoms with Crippen LogP contribution in [0.1, 0.15) is 85.2 Å². The molecule has 2 fully saturated rings. The molecule has 2 aromatic heterocycles. The van der Waals surface area contributed by atoms with Crippen molar-refractivity contribution in [3.05, 3.63) is 41.2 Å². The minimum Gasteiger partial charge on any atom is -0.497 e. The second-order valence-corrected chi connectivity index (χ2v) is 9.03. The Bertz CT molecular complexity index is 1120. The maximum absolute atomic E-state index is 13.8. The Morgan fingerprint density at radius 1 is 1.19 bits per heavy atom. The van der Waals surface area contributed by atoms with Crippen LogP contribution < -0.4 is 10.1 Å². The van der Waals surface area contributed by atoms with Crippen molar-refractivity contribution < 1.29 is 14.1 Å². The Labute approximate surface area is 182 Å². The number of benzene rings is 1. The van der Waals surface area contributed by atoms with Gasteiger partial charge in [-0.1, -0.05) is 30.8 Å². The number of nitrogens with zero attached hydrogens (tertiary/aromatic N) is 3. The summed E-state index contributed by atoms with van der Waals surface area (Å²) in [6.07, 6.45) is 8.49. The van der Waals surface area contributed by atoms with Crippen molar-refractivity contribution in [3.63, 3.8) is 0 Å². The fourth-order valence-electron chi connectivity index (χ4n) is 5.62. The number of hydrogen-bond donors (Lipinski definition) is 1. The Morgan fingerprint density at radius 2 is 1.94 bits per heavy atom. The fourth-order valence-corrected chi connectivity index (χ4v) is 5.62. The number of nitrogens with one attached hydrogen (secondary N) is 1. The van der Waals surface area contributed by atoms with Crippen molar-refractivity contribution in [2.75, 3.05) is 7.11 Å². The zero-order valence-corrected chi connectivity index (χ0v) is 18.5. The normalized spacial score (nSPS) is 18.7. The summed E-state index contributed by atoms with van der Waals surface area (Å²) < 4.78 is 13.1. The largest absolute Gasteiger partial charge is 0.497 e. The molecule has 0 spiro atoms. The van der Waals surface area contributed by atoms with E-state index in [0.717, 1.165) is 66.4 Å². The molecule has 5 rings (SSSR count). The van der Waals surface area contributed by atoms with E-state index < -0.39 is 5.54 Å². The van der Waals surface area contributed by atoms with E-state index in [2.05, 4.69) is 33.0 Å². The summed E-state index contributed by atoms with van der Waals surface area (Å²) in [6.45, 7) is 3.85. The van der Waals surface area contributed by atoms with E-state index in [1.807, 2.05) is 12.1 Å². The van der Waals surface area contributed by atoms with Gasteiger partial charge >= 0.3 is 0 Å². The minimum absolute atomic E-state index is 0.0724. The maximum atomic E-state index is 13.8. The van der Waals surface area contributed by atoms with Gasteiger partial charge in [0.15, 0.2) is 5.82 Å². The standard InChI is InChI=1S/C24H30N4O3/c1-15-21(22(29)26-24(12-6-7-13-24)23-25-16(2)31-27-23)19-14-18(30-3)10-11-20(19)28(15)17-8-4-5-9-17/h10-11,14,17H,4-9,12-13H2,1-3H3,(H,26,29). The van der Waals surface area contributed by atoms with Crippen molar-refractivity contribution in [2.24, 2.45) is 0 Å². The summed E-state index contributed by atoms with van der Waals surface area (Å²) in [6, 6.07) is 6.50. The summed E-state index contributed by atoms with van der Waals surface area (Å²) in [4.78, 5) is 18.3. The van der Waals surface area contributed by atoms with Crippen molar-refractivity contribution >= 4 is 16.8 Å². The fraction of sp³-hybridized carbons (Fsp3) is 0.542. The number of ether oxygens (including phenoxy) is 1. The molecule has 0 saturated heterocycles. The summed E-state index contributed by atoms with van der Waals surface area (Å²) >= 11 is 0. The minimum atomic E-state index is -0.568. The van der Waals surface area contributed by atoms with E-state index in [0.29, 0.717) is 17.8 Å². The quantitative estimate of drug-likeness (QED) is 0.628. The van der Waals surface area contributed by atoms with Crippen LogP contribution in [0.25, 0.3) is 10.9 Å². The van der Waals surface area contributed by atoms with Gasteiger partial charge in [-0.05, 0) is 50.8 Å². The van der Waals surface area contributed by atoms with E-state index >= 15 is 0 Å². The lowest BCUT2D eigenvalue weighted by atomic mass is 9.95. The zero-order valence-electron chi connectivity index (χ0n) is 18.5. The number of fused-ring (bicyclic) bond motifs is 1. The molecule has 1 aromatic carbocycles. The molecule has 2 aliphatic rings. The van der Waals surface area contributed by atoms with E-state index in [1.165, 1.54) is 12.8 Å². The highest BCUT2D eigenvalue weighted by molar-refractivity contribution is 6.09. The predicted octanol–water partition coefficient (Wildman–Crippen LogP) is 4.96. The molecule has 0 unspecified atom stereocenters. The maximum Gasteiger partial charge on any atom is 0.254 e. The highest BCUT2D eigenvalue weighted by Gasteiger charge is 2.42. The third-order valence-electron chi connectivity index (χ3n) is 7.14. The highest BCUT2D eigenvalue weighted by atomic mass is 16.5. The second-order valence-electron chi connectivity index (χ2n) is 9.03. The topological polar surface area (TPSA) is 82.2 Å². The number of amides is 1. The molecule has 0 radical (unpaired) electrons. The first-order chi connectivity index (χ1) is 15.0. The van der Waals surface area contributed by atoms with Crippen LogP contribution in [0.15, 0.2) is 22.7 Å². The van der Waals surface area contributed by atoms with Gasteiger partial charge in [-0.2, -0.15) is 4.98 Å². The third kappa shape index (κ3) is 3.30. The molecule has 0 aliphatic heterocycles. The molecular formula is C24H30N4O3. The Kier molecular flexibility index (Phi) is 4.99. The van der Waals surface area contributed by atoms with Crippen LogP contribution in [-0.2, 0) is 5.54 Å². The molecule has 0 bridgehead atoms. The lowest BCUT2D eigenvalue weighted by molar-refractivity contribution is 0.0892. The van der Waals surface area contributed by atoms with Crippen LogP contribution in [-0.4, -0.2) is 27.7 Å². The number of aryl methyl sites for hydroxylation is 1. The predicted molar refractivity (Wildman–Crippen MR) is 117 cm³/mol. The van der Waals surface area contributed by atoms with Gasteiger partial charge in [-0.25, -0.2) is 0 Å². The average molecular weight is 423 g/mol. The molecule has 1 amide bonds. The first-order valence-corrected chi connectivity index (χ1v) is 11.3. The highest BCUT2D eigenvalue weighted by Crippen LogP contribution is 2.40. The van der Waals surface area contributed by atoms with E-state index in [9.17, 15) is 4.79 Å². The molecule has 0 atom stereocenters. The second kappa shape index (κ2) is 7.70. The number of rotatable bonds is 5. The zero-order chi connectivity index (χ0) is 21.6. The molecule has 31 heavy (non-hydrogen) atoms. The van der Waals surface area contributed by atoms with Crippen LogP contribution >= 0.6 is 0 Å². The number of aromatic nitrogens is 3. The van der Waals surface area contributed by atoms with Crippen molar-refractivity contribution in [2.45, 2.75) is 76.8 Å². The summed E-state index contributed by atoms with van der Waals surface area (Å²) in [5.41, 5.74) is 2.28. The number of carbonyl (C=O) groups excluding carboxylic acids is 1. The van der Waals surface area contributed by atoms with Crippen molar-refractivity contribution in [1.29, 1.82) is 0 Å². The molecule has 1 N–H and O–H groups in total. The Balaban J connectivity index is 1.60. The molecule has 2 saturated carbocycles. The summed E-state index contributed by atoms with van der Waals surface area (Å²) in [7, 11) is 1.66. The number of methoxy groups -OCH3 is 1. The van der Waals surface area contributed by atoms with E-state index in [4.69, 9.17) is 9.26 Å². The lowest BCUT2D eigenvalue weighted by Crippen LogP contribution is -2.44. The van der Waals surface area contributed by atoms with Gasteiger partial charge in [-0.15, -0.1) is 0 Å². The van der Waals surface area contributed by atoms with Gasteiger partial charge in [0.2, 0.25) is 5.89 Å². The number of hydrogen-bond acceptors (Lipinski definition) is 5. The molecule has 7 heteroatoms. The number of carbonyl (C=O) groups is 1. The Hall–Kier alpha value is -2.83. The van der Waals surface area contributed by atoms with Gasteiger partial charge < -0.3 is 19.1 Å². The molecule has 164 valence electrons. The average Bonchev–Trinajstić information content (AvgIpc) is 3.53. The van der Waals surface area contributed by atoms with Crippen LogP contribution in [0.4, 0.5) is 0 Å². The van der Waals surface area contributed by atoms with Gasteiger partial charge in [0.1, 0.15) is 11.3 Å². The van der Waals surface area contributed by atoms with Crippen LogP contribution in [0.3, 0.4) is 0 Å². The first kappa shape index (κ1) is 20.1. The molecule has 7 nitrogen and oxygen atoms in total. The van der Waals surface area contributed by atoms with Gasteiger partial charge in [-0.3, -0.25) is 4.79 Å². The van der Waals surface area contributed by atoms with Crippen LogP contribution in [0, 0.1) is 13.8 Å². The summed E-state index contributed by atoms with van der Waals surface area (Å²) in [5, 5.41) is 8.45. The molecular weight excluding hydrogens is 392 g/mol. The molecule has 2 heterocycles. The van der Waals surface area contributed by atoms with Gasteiger partial charge in [0.05, 0.1) is 12.7 Å². The smallest absolute Gasteiger partial charge is 0.254 e. The van der Waals surface area contributed by atoms with Crippen molar-refractivity contribution in [3.8, 4) is 5.75 Å². The van der Waals surface area contributed by atoms with Crippen LogP contribution in [0.5, 0.6) is 5.75 Å². The van der Waals surface area contributed by atoms with Gasteiger partial charge in [0.25, 0.3) is 5.91 Å². The van der Waals surface area contributed by atoms with E-state index in [1.54, 1.807) is 14.0 Å². The SMILES string of the molecule is COc1ccc2c(c1)c(C(=O)NC1(c3noc(C)n3)CCCC1)c(C)n2C1CCCC1. The summed E-state index contributed by atoms with van der Waals surface area (Å²) in [5.74, 6) is 1.80. The third-order valence-corrected chi connectivity index (χ3v) is 7.14. The molecule has 3 aromatic rings. The van der Waals surface area contributed by atoms with Crippen LogP contribution in [0.2, 0.25) is 0 Å². The van der Waals surface area contributed by atoms with Gasteiger partial charge in [0, 0.05) is 29.6 Å². The Morgan fingerprint density at radius 3 is 2.58 bits per heavy atom. The molecule has 2 aliphatic carbocycles. The monoisotopic (exact) mass is 422 g/mol. The van der Waals surface area contributed by atoms with E-state index in [-0.39, 0.29) is 5.91 Å². The lowest BCUT2D eigenvalue weighted by Gasteiger charge is -2.27.